The van der Waals surface area contributed by atoms with E-state index in [9.17, 15) is 0 Å². The number of hydrogen-bond acceptors (Lipinski definition) is 2. The van der Waals surface area contributed by atoms with E-state index in [4.69, 9.17) is 9.31 Å². The summed E-state index contributed by atoms with van der Waals surface area (Å²) in [7, 11) is -0.211. The highest BCUT2D eigenvalue weighted by Gasteiger charge is 2.24. The van der Waals surface area contributed by atoms with Crippen LogP contribution in [0.1, 0.15) is 6.42 Å². The van der Waals surface area contributed by atoms with Crippen LogP contribution in [0.5, 0.6) is 0 Å². The van der Waals surface area contributed by atoms with Crippen LogP contribution >= 0.6 is 31.9 Å². The Hall–Kier alpha value is 0.165. The SMILES string of the molecule is Brc1cc(Br)cc(B2OCCCO2)c1. The second kappa shape index (κ2) is 4.79. The van der Waals surface area contributed by atoms with Crippen LogP contribution < -0.4 is 5.46 Å². The molecule has 0 spiro atoms. The molecule has 0 radical (unpaired) electrons. The molecule has 0 unspecified atom stereocenters. The van der Waals surface area contributed by atoms with Crippen LogP contribution in [0.3, 0.4) is 0 Å². The smallest absolute Gasteiger partial charge is 0.407 e. The van der Waals surface area contributed by atoms with E-state index in [1.165, 1.54) is 0 Å². The summed E-state index contributed by atoms with van der Waals surface area (Å²) in [5.41, 5.74) is 1.05. The molecule has 1 aliphatic heterocycles. The fraction of sp³-hybridized carbons (Fsp3) is 0.333. The molecule has 0 bridgehead atoms. The van der Waals surface area contributed by atoms with Gasteiger partial charge in [0.25, 0.3) is 0 Å². The maximum Gasteiger partial charge on any atom is 0.493 e. The van der Waals surface area contributed by atoms with E-state index in [1.54, 1.807) is 0 Å². The highest BCUT2D eigenvalue weighted by molar-refractivity contribution is 9.11. The highest BCUT2D eigenvalue weighted by atomic mass is 79.9. The van der Waals surface area contributed by atoms with Crippen molar-refractivity contribution in [1.29, 1.82) is 0 Å². The summed E-state index contributed by atoms with van der Waals surface area (Å²) >= 11 is 6.88. The minimum atomic E-state index is -0.211. The van der Waals surface area contributed by atoms with E-state index in [-0.39, 0.29) is 7.12 Å². The largest absolute Gasteiger partial charge is 0.493 e. The van der Waals surface area contributed by atoms with Crippen LogP contribution in [-0.4, -0.2) is 20.3 Å². The first kappa shape index (κ1) is 10.7. The lowest BCUT2D eigenvalue weighted by Crippen LogP contribution is -2.40. The molecular formula is C9H9BBr2O2. The third-order valence-corrected chi connectivity index (χ3v) is 2.90. The fourth-order valence-electron chi connectivity index (χ4n) is 1.39. The van der Waals surface area contributed by atoms with E-state index in [2.05, 4.69) is 31.9 Å². The summed E-state index contributed by atoms with van der Waals surface area (Å²) < 4.78 is 13.1. The third kappa shape index (κ3) is 2.60. The van der Waals surface area contributed by atoms with Gasteiger partial charge in [-0.25, -0.2) is 0 Å². The van der Waals surface area contributed by atoms with E-state index < -0.39 is 0 Å². The average Bonchev–Trinajstić information content (AvgIpc) is 2.18. The molecule has 1 aromatic rings. The molecule has 1 heterocycles. The molecule has 1 aromatic carbocycles. The minimum Gasteiger partial charge on any atom is -0.407 e. The van der Waals surface area contributed by atoms with E-state index >= 15 is 0 Å². The maximum atomic E-state index is 5.51. The maximum absolute atomic E-state index is 5.51. The predicted octanol–water partition coefficient (Wildman–Crippen LogP) is 2.34. The molecule has 2 rings (SSSR count). The zero-order chi connectivity index (χ0) is 9.97. The van der Waals surface area contributed by atoms with E-state index in [0.717, 1.165) is 34.0 Å². The molecular weight excluding hydrogens is 311 g/mol. The summed E-state index contributed by atoms with van der Waals surface area (Å²) in [6.45, 7) is 1.55. The fourth-order valence-corrected chi connectivity index (χ4v) is 2.72. The Morgan fingerprint density at radius 2 is 1.57 bits per heavy atom. The first-order chi connectivity index (χ1) is 6.75. The van der Waals surface area contributed by atoms with Crippen molar-refractivity contribution in [2.45, 2.75) is 6.42 Å². The Kier molecular flexibility index (Phi) is 3.65. The number of rotatable bonds is 1. The third-order valence-electron chi connectivity index (χ3n) is 1.98. The van der Waals surface area contributed by atoms with Gasteiger partial charge >= 0.3 is 7.12 Å². The van der Waals surface area contributed by atoms with Crippen molar-refractivity contribution in [3.63, 3.8) is 0 Å². The quantitative estimate of drug-likeness (QED) is 0.740. The van der Waals surface area contributed by atoms with Crippen LogP contribution in [0.2, 0.25) is 0 Å². The van der Waals surface area contributed by atoms with Crippen molar-refractivity contribution in [1.82, 2.24) is 0 Å². The molecule has 2 nitrogen and oxygen atoms in total. The van der Waals surface area contributed by atoms with Crippen molar-refractivity contribution in [3.8, 4) is 0 Å². The van der Waals surface area contributed by atoms with Crippen LogP contribution in [0.15, 0.2) is 27.1 Å². The van der Waals surface area contributed by atoms with Crippen molar-refractivity contribution in [3.05, 3.63) is 27.1 Å². The molecule has 0 N–H and O–H groups in total. The van der Waals surface area contributed by atoms with Crippen LogP contribution in [0.25, 0.3) is 0 Å². The summed E-state index contributed by atoms with van der Waals surface area (Å²) in [6.07, 6.45) is 0.978. The topological polar surface area (TPSA) is 18.5 Å². The van der Waals surface area contributed by atoms with Gasteiger partial charge in [-0.1, -0.05) is 31.9 Å². The van der Waals surface area contributed by atoms with Gasteiger partial charge in [0.05, 0.1) is 0 Å². The Labute approximate surface area is 100 Å². The Morgan fingerprint density at radius 3 is 2.14 bits per heavy atom. The highest BCUT2D eigenvalue weighted by Crippen LogP contribution is 2.16. The second-order valence-electron chi connectivity index (χ2n) is 3.13. The zero-order valence-corrected chi connectivity index (χ0v) is 10.7. The molecule has 1 fully saturated rings. The van der Waals surface area contributed by atoms with Gasteiger partial charge in [-0.2, -0.15) is 0 Å². The molecule has 1 aliphatic rings. The summed E-state index contributed by atoms with van der Waals surface area (Å²) in [6, 6.07) is 6.02. The molecule has 0 aromatic heterocycles. The standard InChI is InChI=1S/C9H9BBr2O2/c11-8-4-7(5-9(12)6-8)10-13-2-1-3-14-10/h4-6H,1-3H2. The van der Waals surface area contributed by atoms with Crippen LogP contribution in [0, 0.1) is 0 Å². The molecule has 14 heavy (non-hydrogen) atoms. The lowest BCUT2D eigenvalue weighted by Gasteiger charge is -2.20. The molecule has 0 saturated carbocycles. The van der Waals surface area contributed by atoms with Gasteiger partial charge in [0.15, 0.2) is 0 Å². The van der Waals surface area contributed by atoms with Crippen molar-refractivity contribution in [2.75, 3.05) is 13.2 Å². The van der Waals surface area contributed by atoms with Crippen LogP contribution in [-0.2, 0) is 9.31 Å². The van der Waals surface area contributed by atoms with Crippen molar-refractivity contribution >= 4 is 44.4 Å². The summed E-state index contributed by atoms with van der Waals surface area (Å²) in [4.78, 5) is 0. The van der Waals surface area contributed by atoms with Gasteiger partial charge in [0, 0.05) is 22.2 Å². The van der Waals surface area contributed by atoms with Gasteiger partial charge in [0.1, 0.15) is 0 Å². The van der Waals surface area contributed by atoms with Gasteiger partial charge in [-0.05, 0) is 30.1 Å². The van der Waals surface area contributed by atoms with Crippen LogP contribution in [0.4, 0.5) is 0 Å². The summed E-state index contributed by atoms with van der Waals surface area (Å²) in [5.74, 6) is 0. The number of hydrogen-bond donors (Lipinski definition) is 0. The van der Waals surface area contributed by atoms with Gasteiger partial charge in [-0.3, -0.25) is 0 Å². The number of halogens is 2. The first-order valence-electron chi connectivity index (χ1n) is 4.45. The zero-order valence-electron chi connectivity index (χ0n) is 7.50. The average molecular weight is 320 g/mol. The van der Waals surface area contributed by atoms with Crippen molar-refractivity contribution < 1.29 is 9.31 Å². The van der Waals surface area contributed by atoms with Gasteiger partial charge < -0.3 is 9.31 Å². The monoisotopic (exact) mass is 318 g/mol. The van der Waals surface area contributed by atoms with E-state index in [1.807, 2.05) is 18.2 Å². The minimum absolute atomic E-state index is 0.211. The number of benzene rings is 1. The second-order valence-corrected chi connectivity index (χ2v) is 4.96. The lowest BCUT2D eigenvalue weighted by molar-refractivity contribution is 0.143. The first-order valence-corrected chi connectivity index (χ1v) is 6.03. The summed E-state index contributed by atoms with van der Waals surface area (Å²) in [5, 5.41) is 0. The Morgan fingerprint density at radius 1 is 1.00 bits per heavy atom. The molecule has 74 valence electrons. The molecule has 0 atom stereocenters. The van der Waals surface area contributed by atoms with Crippen molar-refractivity contribution in [2.24, 2.45) is 0 Å². The molecule has 0 aliphatic carbocycles. The molecule has 0 amide bonds. The lowest BCUT2D eigenvalue weighted by atomic mass is 9.78. The van der Waals surface area contributed by atoms with Gasteiger partial charge in [0.2, 0.25) is 0 Å². The Bertz CT molecular complexity index is 306. The Balaban J connectivity index is 2.21. The predicted molar refractivity (Wildman–Crippen MR) is 63.8 cm³/mol. The normalized spacial score (nSPS) is 17.1. The van der Waals surface area contributed by atoms with Gasteiger partial charge in [-0.15, -0.1) is 0 Å². The molecule has 5 heteroatoms. The molecule has 1 saturated heterocycles. The van der Waals surface area contributed by atoms with E-state index in [0.29, 0.717) is 0 Å².